The third-order valence-electron chi connectivity index (χ3n) is 3.77. The molecule has 0 heterocycles. The van der Waals surface area contributed by atoms with Crippen LogP contribution in [0.2, 0.25) is 0 Å². The first-order valence-electron chi connectivity index (χ1n) is 7.69. The van der Waals surface area contributed by atoms with Crippen molar-refractivity contribution in [2.45, 2.75) is 6.61 Å². The smallest absolute Gasteiger partial charge is 0.269 e. The predicted octanol–water partition coefficient (Wildman–Crippen LogP) is 2.65. The summed E-state index contributed by atoms with van der Waals surface area (Å²) >= 11 is 0. The second-order valence-electron chi connectivity index (χ2n) is 5.44. The topological polar surface area (TPSA) is 52.4 Å². The van der Waals surface area contributed by atoms with E-state index in [0.29, 0.717) is 6.61 Å². The van der Waals surface area contributed by atoms with Gasteiger partial charge in [0.05, 0.1) is 11.5 Å². The molecule has 0 aliphatic rings. The average Bonchev–Trinajstić information content (AvgIpc) is 2.64. The summed E-state index contributed by atoms with van der Waals surface area (Å²) in [6, 6.07) is 27.0. The van der Waals surface area contributed by atoms with E-state index in [0.717, 1.165) is 5.56 Å². The lowest BCUT2D eigenvalue weighted by Gasteiger charge is -2.17. The SMILES string of the molecule is O=[N+]([O-])c1ccc(CO[SiH](c2ccccc2)c2ccccc2)cc1. The van der Waals surface area contributed by atoms with Gasteiger partial charge in [0.25, 0.3) is 5.69 Å². The van der Waals surface area contributed by atoms with Crippen molar-refractivity contribution in [3.05, 3.63) is 101 Å². The van der Waals surface area contributed by atoms with E-state index < -0.39 is 14.0 Å². The predicted molar refractivity (Wildman–Crippen MR) is 97.2 cm³/mol. The van der Waals surface area contributed by atoms with Crippen LogP contribution in [0.3, 0.4) is 0 Å². The number of nitro benzene ring substituents is 1. The average molecular weight is 335 g/mol. The molecule has 5 heteroatoms. The van der Waals surface area contributed by atoms with E-state index in [1.807, 2.05) is 36.4 Å². The Morgan fingerprint density at radius 2 is 1.29 bits per heavy atom. The number of nitro groups is 1. The molecule has 0 fully saturated rings. The quantitative estimate of drug-likeness (QED) is 0.395. The lowest BCUT2D eigenvalue weighted by molar-refractivity contribution is -0.384. The third-order valence-corrected chi connectivity index (χ3v) is 6.25. The molecule has 120 valence electrons. The summed E-state index contributed by atoms with van der Waals surface area (Å²) in [5.74, 6) is 0. The standard InChI is InChI=1S/C19H17NO3Si/c21-20(22)17-13-11-16(12-14-17)15-23-24(18-7-3-1-4-8-18)19-9-5-2-6-10-19/h1-14,24H,15H2. The van der Waals surface area contributed by atoms with Crippen molar-refractivity contribution in [2.75, 3.05) is 0 Å². The zero-order valence-corrected chi connectivity index (χ0v) is 14.2. The fourth-order valence-corrected chi connectivity index (χ4v) is 4.81. The molecule has 0 radical (unpaired) electrons. The summed E-state index contributed by atoms with van der Waals surface area (Å²) in [7, 11) is -1.79. The van der Waals surface area contributed by atoms with Crippen molar-refractivity contribution < 1.29 is 9.35 Å². The van der Waals surface area contributed by atoms with E-state index >= 15 is 0 Å². The first kappa shape index (κ1) is 16.1. The van der Waals surface area contributed by atoms with E-state index in [9.17, 15) is 10.1 Å². The lowest BCUT2D eigenvalue weighted by atomic mass is 10.2. The highest BCUT2D eigenvalue weighted by Crippen LogP contribution is 2.13. The molecule has 0 aliphatic carbocycles. The van der Waals surface area contributed by atoms with Crippen LogP contribution in [0.25, 0.3) is 0 Å². The lowest BCUT2D eigenvalue weighted by Crippen LogP contribution is -2.44. The number of benzene rings is 3. The maximum Gasteiger partial charge on any atom is 0.269 e. The van der Waals surface area contributed by atoms with Crippen molar-refractivity contribution in [1.29, 1.82) is 0 Å². The number of hydrogen-bond acceptors (Lipinski definition) is 3. The molecule has 0 unspecified atom stereocenters. The van der Waals surface area contributed by atoms with E-state index in [-0.39, 0.29) is 5.69 Å². The Labute approximate surface area is 142 Å². The summed E-state index contributed by atoms with van der Waals surface area (Å²) in [4.78, 5) is 10.3. The summed E-state index contributed by atoms with van der Waals surface area (Å²) in [5, 5.41) is 13.2. The van der Waals surface area contributed by atoms with Crippen LogP contribution in [-0.2, 0) is 11.0 Å². The van der Waals surface area contributed by atoms with Crippen LogP contribution in [0.4, 0.5) is 5.69 Å². The highest BCUT2D eigenvalue weighted by Gasteiger charge is 2.17. The molecule has 24 heavy (non-hydrogen) atoms. The minimum atomic E-state index is -1.79. The molecule has 0 aromatic heterocycles. The van der Waals surface area contributed by atoms with Gasteiger partial charge < -0.3 is 4.43 Å². The van der Waals surface area contributed by atoms with Crippen molar-refractivity contribution in [3.8, 4) is 0 Å². The Kier molecular flexibility index (Phi) is 5.15. The van der Waals surface area contributed by atoms with Crippen LogP contribution in [0.1, 0.15) is 5.56 Å². The second kappa shape index (κ2) is 7.67. The maximum absolute atomic E-state index is 10.7. The van der Waals surface area contributed by atoms with Gasteiger partial charge in [0.1, 0.15) is 0 Å². The van der Waals surface area contributed by atoms with Crippen LogP contribution in [-0.4, -0.2) is 14.0 Å². The minimum absolute atomic E-state index is 0.0960. The van der Waals surface area contributed by atoms with E-state index in [1.54, 1.807) is 12.1 Å². The molecular formula is C19H17NO3Si. The van der Waals surface area contributed by atoms with Crippen molar-refractivity contribution in [3.63, 3.8) is 0 Å². The van der Waals surface area contributed by atoms with Gasteiger partial charge in [-0.2, -0.15) is 0 Å². The van der Waals surface area contributed by atoms with Crippen LogP contribution in [0.15, 0.2) is 84.9 Å². The van der Waals surface area contributed by atoms with Crippen LogP contribution in [0.5, 0.6) is 0 Å². The van der Waals surface area contributed by atoms with E-state index in [2.05, 4.69) is 24.3 Å². The maximum atomic E-state index is 10.7. The van der Waals surface area contributed by atoms with E-state index in [1.165, 1.54) is 22.5 Å². The fraction of sp³-hybridized carbons (Fsp3) is 0.0526. The second-order valence-corrected chi connectivity index (χ2v) is 7.86. The third kappa shape index (κ3) is 3.95. The van der Waals surface area contributed by atoms with Gasteiger partial charge in [0.15, 0.2) is 0 Å². The molecule has 0 N–H and O–H groups in total. The number of rotatable bonds is 6. The Morgan fingerprint density at radius 3 is 1.75 bits per heavy atom. The van der Waals surface area contributed by atoms with Gasteiger partial charge in [0, 0.05) is 12.1 Å². The molecule has 3 aromatic carbocycles. The van der Waals surface area contributed by atoms with Gasteiger partial charge in [-0.3, -0.25) is 10.1 Å². The Morgan fingerprint density at radius 1 is 0.792 bits per heavy atom. The van der Waals surface area contributed by atoms with Gasteiger partial charge in [0.2, 0.25) is 9.04 Å². The molecule has 0 bridgehead atoms. The normalized spacial score (nSPS) is 10.7. The first-order chi connectivity index (χ1) is 11.7. The highest BCUT2D eigenvalue weighted by molar-refractivity contribution is 6.79. The molecule has 3 aromatic rings. The molecule has 0 aliphatic heterocycles. The summed E-state index contributed by atoms with van der Waals surface area (Å²) in [6.07, 6.45) is 0. The highest BCUT2D eigenvalue weighted by atomic mass is 28.3. The molecular weight excluding hydrogens is 318 g/mol. The monoisotopic (exact) mass is 335 g/mol. The molecule has 3 rings (SSSR count). The molecule has 0 saturated heterocycles. The minimum Gasteiger partial charge on any atom is -0.407 e. The van der Waals surface area contributed by atoms with Gasteiger partial charge in [-0.25, -0.2) is 0 Å². The zero-order valence-electron chi connectivity index (χ0n) is 13.0. The number of non-ortho nitro benzene ring substituents is 1. The molecule has 0 spiro atoms. The van der Waals surface area contributed by atoms with Gasteiger partial charge in [-0.15, -0.1) is 0 Å². The van der Waals surface area contributed by atoms with Crippen molar-refractivity contribution in [1.82, 2.24) is 0 Å². The summed E-state index contributed by atoms with van der Waals surface area (Å²) < 4.78 is 6.27. The van der Waals surface area contributed by atoms with Crippen molar-refractivity contribution >= 4 is 25.1 Å². The van der Waals surface area contributed by atoms with Gasteiger partial charge >= 0.3 is 0 Å². The molecule has 0 saturated carbocycles. The zero-order chi connectivity index (χ0) is 16.8. The van der Waals surface area contributed by atoms with Crippen LogP contribution >= 0.6 is 0 Å². The first-order valence-corrected chi connectivity index (χ1v) is 9.31. The number of hydrogen-bond donors (Lipinski definition) is 0. The van der Waals surface area contributed by atoms with Crippen molar-refractivity contribution in [2.24, 2.45) is 0 Å². The largest absolute Gasteiger partial charge is 0.407 e. The summed E-state index contributed by atoms with van der Waals surface area (Å²) in [5.41, 5.74) is 1.03. The van der Waals surface area contributed by atoms with E-state index in [4.69, 9.17) is 4.43 Å². The summed E-state index contributed by atoms with van der Waals surface area (Å²) in [6.45, 7) is 0.443. The Hall–Kier alpha value is -2.76. The van der Waals surface area contributed by atoms with Crippen LogP contribution < -0.4 is 10.4 Å². The van der Waals surface area contributed by atoms with Gasteiger partial charge in [-0.05, 0) is 28.1 Å². The molecule has 0 atom stereocenters. The Balaban J connectivity index is 1.79. The molecule has 4 nitrogen and oxygen atoms in total. The fourth-order valence-electron chi connectivity index (χ4n) is 2.53. The molecule has 0 amide bonds. The Bertz CT molecular complexity index is 752. The number of nitrogens with zero attached hydrogens (tertiary/aromatic N) is 1. The van der Waals surface area contributed by atoms with Gasteiger partial charge in [-0.1, -0.05) is 60.7 Å². The van der Waals surface area contributed by atoms with Crippen LogP contribution in [0, 0.1) is 10.1 Å².